The number of oxime groups is 1. The Balaban J connectivity index is 3.45. The van der Waals surface area contributed by atoms with E-state index >= 15 is 0 Å². The van der Waals surface area contributed by atoms with Gasteiger partial charge < -0.3 is 44.6 Å². The second-order valence-corrected chi connectivity index (χ2v) is 10.5. The third-order valence-corrected chi connectivity index (χ3v) is 7.34. The van der Waals surface area contributed by atoms with Crippen LogP contribution in [-0.4, -0.2) is 99.9 Å². The molecule has 0 bridgehead atoms. The number of aliphatic hydroxyl groups is 5. The van der Waals surface area contributed by atoms with Gasteiger partial charge in [0.15, 0.2) is 0 Å². The van der Waals surface area contributed by atoms with E-state index in [1.54, 1.807) is 27.7 Å². The molecular formula is C25H47NO10. The molecule has 0 aromatic heterocycles. The molecule has 10 atom stereocenters. The molecular weight excluding hydrogens is 474 g/mol. The van der Waals surface area contributed by atoms with Crippen LogP contribution in [0, 0.1) is 23.7 Å². The van der Waals surface area contributed by atoms with Crippen LogP contribution < -0.4 is 0 Å². The predicted molar refractivity (Wildman–Crippen MR) is 132 cm³/mol. The normalized spacial score (nSPS) is 42.6. The van der Waals surface area contributed by atoms with Crippen molar-refractivity contribution in [2.75, 3.05) is 27.1 Å². The summed E-state index contributed by atoms with van der Waals surface area (Å²) in [6.45, 7) is 11.4. The minimum atomic E-state index is -1.87. The molecule has 1 saturated heterocycles. The van der Waals surface area contributed by atoms with Crippen LogP contribution in [0.15, 0.2) is 5.16 Å². The third-order valence-electron chi connectivity index (χ3n) is 7.34. The van der Waals surface area contributed by atoms with Crippen molar-refractivity contribution < 1.29 is 49.4 Å². The second-order valence-electron chi connectivity index (χ2n) is 10.5. The zero-order chi connectivity index (χ0) is 27.8. The first-order valence-corrected chi connectivity index (χ1v) is 12.6. The lowest BCUT2D eigenvalue weighted by atomic mass is 9.74. The Bertz CT molecular complexity index is 713. The fraction of sp³-hybridized carbons (Fsp3) is 0.920. The number of carbonyl (C=O) groups excluding carboxylic acids is 1. The number of esters is 1. The number of cyclic esters (lactones) is 1. The number of ether oxygens (including phenoxy) is 3. The summed E-state index contributed by atoms with van der Waals surface area (Å²) in [5, 5.41) is 59.6. The molecule has 11 nitrogen and oxygen atoms in total. The van der Waals surface area contributed by atoms with E-state index in [4.69, 9.17) is 19.0 Å². The van der Waals surface area contributed by atoms with Gasteiger partial charge in [0.05, 0.1) is 48.8 Å². The predicted octanol–water partition coefficient (Wildman–Crippen LogP) is 0.834. The van der Waals surface area contributed by atoms with Gasteiger partial charge in [0.25, 0.3) is 0 Å². The number of methoxy groups -OCH3 is 1. The maximum atomic E-state index is 12.8. The number of hydrogen-bond donors (Lipinski definition) is 5. The standard InChI is InChI=1S/C25H47NO10/c1-9-18-25(7,32)22(29)15(3)19(26-35-13-34-11-10-33-8)14(2)12-24(6,31)21(28)16(4)20(27)17(5)23(30)36-18/h14-18,20-22,27-29,31-32H,9-13H2,1-8H3/b26-19+/t14-,15+,16+,17-,18?,20+,21-,22-,24-,25-/m1/s1. The molecule has 1 heterocycles. The van der Waals surface area contributed by atoms with Crippen molar-refractivity contribution in [3.05, 3.63) is 0 Å². The van der Waals surface area contributed by atoms with Crippen molar-refractivity contribution >= 4 is 11.7 Å². The van der Waals surface area contributed by atoms with Gasteiger partial charge in [-0.3, -0.25) is 4.79 Å². The lowest BCUT2D eigenvalue weighted by molar-refractivity contribution is -0.192. The molecule has 0 aromatic rings. The van der Waals surface area contributed by atoms with Crippen molar-refractivity contribution in [1.29, 1.82) is 0 Å². The Kier molecular flexibility index (Phi) is 12.7. The summed E-state index contributed by atoms with van der Waals surface area (Å²) >= 11 is 0. The van der Waals surface area contributed by atoms with Gasteiger partial charge in [0.1, 0.15) is 11.7 Å². The molecule has 1 rings (SSSR count). The quantitative estimate of drug-likeness (QED) is 0.140. The van der Waals surface area contributed by atoms with E-state index in [2.05, 4.69) is 5.16 Å². The van der Waals surface area contributed by atoms with E-state index in [0.717, 1.165) is 0 Å². The minimum Gasteiger partial charge on any atom is -0.459 e. The van der Waals surface area contributed by atoms with Crippen molar-refractivity contribution in [3.8, 4) is 0 Å². The van der Waals surface area contributed by atoms with Crippen LogP contribution in [0.25, 0.3) is 0 Å². The lowest BCUT2D eigenvalue weighted by Crippen LogP contribution is -2.57. The summed E-state index contributed by atoms with van der Waals surface area (Å²) in [6.07, 6.45) is -5.05. The van der Waals surface area contributed by atoms with Gasteiger partial charge in [-0.05, 0) is 33.6 Å². The van der Waals surface area contributed by atoms with Crippen LogP contribution in [0.5, 0.6) is 0 Å². The molecule has 212 valence electrons. The number of carbonyl (C=O) groups is 1. The largest absolute Gasteiger partial charge is 0.459 e. The first-order chi connectivity index (χ1) is 16.6. The van der Waals surface area contributed by atoms with E-state index < -0.39 is 65.3 Å². The zero-order valence-electron chi connectivity index (χ0n) is 22.9. The highest BCUT2D eigenvalue weighted by atomic mass is 16.7. The smallest absolute Gasteiger partial charge is 0.311 e. The van der Waals surface area contributed by atoms with Gasteiger partial charge in [-0.2, -0.15) is 0 Å². The third kappa shape index (κ3) is 8.08. The molecule has 1 unspecified atom stereocenters. The first kappa shape index (κ1) is 32.7. The zero-order valence-corrected chi connectivity index (χ0v) is 22.9. The number of nitrogens with zero attached hydrogens (tertiary/aromatic N) is 1. The molecule has 11 heteroatoms. The molecule has 0 aromatic carbocycles. The van der Waals surface area contributed by atoms with Gasteiger partial charge in [0.2, 0.25) is 6.79 Å². The van der Waals surface area contributed by atoms with E-state index in [9.17, 15) is 30.3 Å². The molecule has 5 N–H and O–H groups in total. The summed E-state index contributed by atoms with van der Waals surface area (Å²) in [7, 11) is 1.54. The molecule has 0 saturated carbocycles. The van der Waals surface area contributed by atoms with Gasteiger partial charge in [-0.1, -0.05) is 32.9 Å². The van der Waals surface area contributed by atoms with Gasteiger partial charge in [-0.25, -0.2) is 0 Å². The Morgan fingerprint density at radius 1 is 1.03 bits per heavy atom. The maximum absolute atomic E-state index is 12.8. The summed E-state index contributed by atoms with van der Waals surface area (Å²) in [5.41, 5.74) is -3.25. The van der Waals surface area contributed by atoms with Crippen molar-refractivity contribution in [2.24, 2.45) is 28.8 Å². The Labute approximate surface area is 214 Å². The van der Waals surface area contributed by atoms with E-state index in [0.29, 0.717) is 12.3 Å². The SMILES string of the molecule is CCC1OC(=O)[C@H](C)[C@@H](O)[C@H](C)[C@@H](O)[C@](C)(O)C[C@@H](C)/C(=N\OCOCCOC)[C@H](C)[C@@H](O)[C@]1(C)O. The van der Waals surface area contributed by atoms with Crippen LogP contribution >= 0.6 is 0 Å². The highest BCUT2D eigenvalue weighted by Crippen LogP contribution is 2.34. The topological polar surface area (TPSA) is 168 Å². The summed E-state index contributed by atoms with van der Waals surface area (Å²) in [6, 6.07) is 0. The van der Waals surface area contributed by atoms with Crippen molar-refractivity contribution in [2.45, 2.75) is 96.9 Å². The van der Waals surface area contributed by atoms with Crippen LogP contribution in [0.2, 0.25) is 0 Å². The fourth-order valence-corrected chi connectivity index (χ4v) is 4.88. The van der Waals surface area contributed by atoms with E-state index in [1.165, 1.54) is 27.9 Å². The second kappa shape index (κ2) is 14.0. The van der Waals surface area contributed by atoms with E-state index in [1.807, 2.05) is 0 Å². The van der Waals surface area contributed by atoms with Crippen LogP contribution in [0.3, 0.4) is 0 Å². The highest BCUT2D eigenvalue weighted by molar-refractivity contribution is 5.88. The Morgan fingerprint density at radius 2 is 1.64 bits per heavy atom. The van der Waals surface area contributed by atoms with Crippen LogP contribution in [-0.2, 0) is 23.8 Å². The van der Waals surface area contributed by atoms with Crippen molar-refractivity contribution in [3.63, 3.8) is 0 Å². The van der Waals surface area contributed by atoms with Crippen molar-refractivity contribution in [1.82, 2.24) is 0 Å². The average molecular weight is 522 g/mol. The molecule has 1 fully saturated rings. The number of aliphatic hydroxyl groups excluding tert-OH is 3. The molecule has 0 amide bonds. The molecule has 1 aliphatic heterocycles. The first-order valence-electron chi connectivity index (χ1n) is 12.6. The lowest BCUT2D eigenvalue weighted by Gasteiger charge is -2.42. The summed E-state index contributed by atoms with van der Waals surface area (Å²) < 4.78 is 15.7. The monoisotopic (exact) mass is 521 g/mol. The summed E-state index contributed by atoms with van der Waals surface area (Å²) in [4.78, 5) is 18.1. The number of rotatable bonds is 7. The fourth-order valence-electron chi connectivity index (χ4n) is 4.88. The minimum absolute atomic E-state index is 0.00676. The van der Waals surface area contributed by atoms with E-state index in [-0.39, 0.29) is 26.2 Å². The average Bonchev–Trinajstić information content (AvgIpc) is 2.82. The molecule has 0 aliphatic carbocycles. The highest BCUT2D eigenvalue weighted by Gasteiger charge is 2.48. The Hall–Kier alpha value is -1.34. The van der Waals surface area contributed by atoms with Crippen LogP contribution in [0.4, 0.5) is 0 Å². The van der Waals surface area contributed by atoms with Crippen LogP contribution in [0.1, 0.15) is 61.3 Å². The van der Waals surface area contributed by atoms with Gasteiger partial charge >= 0.3 is 5.97 Å². The molecule has 36 heavy (non-hydrogen) atoms. The molecule has 0 radical (unpaired) electrons. The molecule has 1 aliphatic rings. The maximum Gasteiger partial charge on any atom is 0.311 e. The van der Waals surface area contributed by atoms with Gasteiger partial charge in [0, 0.05) is 24.9 Å². The van der Waals surface area contributed by atoms with Gasteiger partial charge in [-0.15, -0.1) is 0 Å². The summed E-state index contributed by atoms with van der Waals surface area (Å²) in [5.74, 6) is -4.04. The number of hydrogen-bond acceptors (Lipinski definition) is 11. The Morgan fingerprint density at radius 3 is 2.19 bits per heavy atom. The molecule has 0 spiro atoms.